The van der Waals surface area contributed by atoms with Gasteiger partial charge in [-0.3, -0.25) is 4.79 Å². The zero-order valence-electron chi connectivity index (χ0n) is 12.4. The average Bonchev–Trinajstić information content (AvgIpc) is 2.44. The first-order chi connectivity index (χ1) is 9.95. The largest absolute Gasteiger partial charge is 0.378 e. The molecule has 0 aliphatic carbocycles. The first kappa shape index (κ1) is 15.3. The standard InChI is InChI=1S/C16H18ClN3O/c1-11-8-13(9-15(17)19-11)16(21)18-10-12-4-6-14(7-5-12)20(2)3/h4-9H,10H2,1-3H3,(H,18,21). The molecule has 21 heavy (non-hydrogen) atoms. The number of aryl methyl sites for hydroxylation is 1. The number of carbonyl (C=O) groups is 1. The molecular formula is C16H18ClN3O. The zero-order valence-corrected chi connectivity index (χ0v) is 13.1. The fourth-order valence-corrected chi connectivity index (χ4v) is 2.21. The Morgan fingerprint density at radius 1 is 1.24 bits per heavy atom. The van der Waals surface area contributed by atoms with Gasteiger partial charge in [0, 0.05) is 37.6 Å². The second kappa shape index (κ2) is 6.59. The van der Waals surface area contributed by atoms with Crippen LogP contribution in [-0.4, -0.2) is 25.0 Å². The van der Waals surface area contributed by atoms with E-state index >= 15 is 0 Å². The van der Waals surface area contributed by atoms with Crippen LogP contribution >= 0.6 is 11.6 Å². The van der Waals surface area contributed by atoms with Gasteiger partial charge in [-0.1, -0.05) is 23.7 Å². The van der Waals surface area contributed by atoms with Gasteiger partial charge >= 0.3 is 0 Å². The highest BCUT2D eigenvalue weighted by molar-refractivity contribution is 6.29. The lowest BCUT2D eigenvalue weighted by Gasteiger charge is -2.13. The lowest BCUT2D eigenvalue weighted by atomic mass is 10.2. The number of pyridine rings is 1. The van der Waals surface area contributed by atoms with Crippen molar-refractivity contribution in [1.29, 1.82) is 0 Å². The van der Waals surface area contributed by atoms with E-state index in [1.54, 1.807) is 12.1 Å². The van der Waals surface area contributed by atoms with E-state index < -0.39 is 0 Å². The van der Waals surface area contributed by atoms with Gasteiger partial charge in [-0.2, -0.15) is 0 Å². The molecule has 0 spiro atoms. The molecule has 2 rings (SSSR count). The number of rotatable bonds is 4. The number of nitrogens with one attached hydrogen (secondary N) is 1. The maximum Gasteiger partial charge on any atom is 0.251 e. The maximum atomic E-state index is 12.1. The number of nitrogens with zero attached hydrogens (tertiary/aromatic N) is 2. The van der Waals surface area contributed by atoms with Crippen molar-refractivity contribution in [3.05, 3.63) is 58.4 Å². The minimum atomic E-state index is -0.154. The van der Waals surface area contributed by atoms with E-state index in [0.29, 0.717) is 17.3 Å². The van der Waals surface area contributed by atoms with E-state index in [9.17, 15) is 4.79 Å². The van der Waals surface area contributed by atoms with Gasteiger partial charge in [0.15, 0.2) is 0 Å². The van der Waals surface area contributed by atoms with E-state index in [1.165, 1.54) is 0 Å². The molecule has 1 N–H and O–H groups in total. The van der Waals surface area contributed by atoms with E-state index in [1.807, 2.05) is 50.2 Å². The van der Waals surface area contributed by atoms with Crippen LogP contribution in [0.2, 0.25) is 5.15 Å². The lowest BCUT2D eigenvalue weighted by molar-refractivity contribution is 0.0950. The summed E-state index contributed by atoms with van der Waals surface area (Å²) in [7, 11) is 3.98. The summed E-state index contributed by atoms with van der Waals surface area (Å²) >= 11 is 5.86. The van der Waals surface area contributed by atoms with Crippen molar-refractivity contribution in [2.75, 3.05) is 19.0 Å². The molecule has 4 nitrogen and oxygen atoms in total. The van der Waals surface area contributed by atoms with Crippen molar-refractivity contribution in [2.45, 2.75) is 13.5 Å². The fraction of sp³-hybridized carbons (Fsp3) is 0.250. The number of hydrogen-bond donors (Lipinski definition) is 1. The summed E-state index contributed by atoms with van der Waals surface area (Å²) in [6.07, 6.45) is 0. The van der Waals surface area contributed by atoms with Gasteiger partial charge in [0.2, 0.25) is 0 Å². The van der Waals surface area contributed by atoms with Gasteiger partial charge in [-0.15, -0.1) is 0 Å². The van der Waals surface area contributed by atoms with Crippen LogP contribution in [0.5, 0.6) is 0 Å². The molecule has 0 saturated carbocycles. The van der Waals surface area contributed by atoms with E-state index in [2.05, 4.69) is 10.3 Å². The summed E-state index contributed by atoms with van der Waals surface area (Å²) in [6, 6.07) is 11.3. The summed E-state index contributed by atoms with van der Waals surface area (Å²) in [5, 5.41) is 3.21. The third kappa shape index (κ3) is 4.20. The molecule has 2 aromatic rings. The fourth-order valence-electron chi connectivity index (χ4n) is 1.96. The van der Waals surface area contributed by atoms with Gasteiger partial charge in [0.1, 0.15) is 5.15 Å². The van der Waals surface area contributed by atoms with Crippen LogP contribution in [0.15, 0.2) is 36.4 Å². The highest BCUT2D eigenvalue weighted by atomic mass is 35.5. The van der Waals surface area contributed by atoms with Crippen LogP contribution in [0.1, 0.15) is 21.6 Å². The number of benzene rings is 1. The molecule has 1 heterocycles. The predicted molar refractivity (Wildman–Crippen MR) is 85.9 cm³/mol. The molecule has 1 aromatic carbocycles. The van der Waals surface area contributed by atoms with Crippen molar-refractivity contribution >= 4 is 23.2 Å². The molecule has 1 aromatic heterocycles. The van der Waals surface area contributed by atoms with Crippen molar-refractivity contribution in [3.63, 3.8) is 0 Å². The highest BCUT2D eigenvalue weighted by Crippen LogP contribution is 2.13. The zero-order chi connectivity index (χ0) is 15.4. The van der Waals surface area contributed by atoms with Crippen molar-refractivity contribution in [2.24, 2.45) is 0 Å². The smallest absolute Gasteiger partial charge is 0.251 e. The molecule has 0 radical (unpaired) electrons. The monoisotopic (exact) mass is 303 g/mol. The average molecular weight is 304 g/mol. The Labute approximate surface area is 129 Å². The third-order valence-electron chi connectivity index (χ3n) is 3.09. The van der Waals surface area contributed by atoms with Crippen LogP contribution in [0.4, 0.5) is 5.69 Å². The highest BCUT2D eigenvalue weighted by Gasteiger charge is 2.07. The number of anilines is 1. The summed E-state index contributed by atoms with van der Waals surface area (Å²) in [4.78, 5) is 18.2. The quantitative estimate of drug-likeness (QED) is 0.883. The first-order valence-corrected chi connectivity index (χ1v) is 7.02. The minimum Gasteiger partial charge on any atom is -0.378 e. The Morgan fingerprint density at radius 2 is 1.90 bits per heavy atom. The lowest BCUT2D eigenvalue weighted by Crippen LogP contribution is -2.23. The Balaban J connectivity index is 2.00. The second-order valence-corrected chi connectivity index (χ2v) is 5.45. The molecule has 0 saturated heterocycles. The number of hydrogen-bond acceptors (Lipinski definition) is 3. The van der Waals surface area contributed by atoms with Gasteiger partial charge in [0.05, 0.1) is 0 Å². The van der Waals surface area contributed by atoms with Gasteiger partial charge in [-0.05, 0) is 36.8 Å². The van der Waals surface area contributed by atoms with Crippen LogP contribution in [0.3, 0.4) is 0 Å². The summed E-state index contributed by atoms with van der Waals surface area (Å²) in [5.41, 5.74) is 3.42. The summed E-state index contributed by atoms with van der Waals surface area (Å²) < 4.78 is 0. The normalized spacial score (nSPS) is 10.3. The minimum absolute atomic E-state index is 0.154. The molecular weight excluding hydrogens is 286 g/mol. The maximum absolute atomic E-state index is 12.1. The van der Waals surface area contributed by atoms with Crippen LogP contribution in [0.25, 0.3) is 0 Å². The van der Waals surface area contributed by atoms with E-state index in [0.717, 1.165) is 16.9 Å². The molecule has 0 aliphatic rings. The molecule has 0 unspecified atom stereocenters. The third-order valence-corrected chi connectivity index (χ3v) is 3.28. The second-order valence-electron chi connectivity index (χ2n) is 5.06. The summed E-state index contributed by atoms with van der Waals surface area (Å²) in [5.74, 6) is -0.154. The topological polar surface area (TPSA) is 45.2 Å². The molecule has 0 fully saturated rings. The number of halogens is 1. The van der Waals surface area contributed by atoms with E-state index in [4.69, 9.17) is 11.6 Å². The Kier molecular flexibility index (Phi) is 4.81. The number of aromatic nitrogens is 1. The first-order valence-electron chi connectivity index (χ1n) is 6.64. The summed E-state index contributed by atoms with van der Waals surface area (Å²) in [6.45, 7) is 2.29. The number of carbonyl (C=O) groups excluding carboxylic acids is 1. The number of amides is 1. The molecule has 1 amide bonds. The van der Waals surface area contributed by atoms with Gasteiger partial charge in [-0.25, -0.2) is 4.98 Å². The molecule has 0 bridgehead atoms. The predicted octanol–water partition coefficient (Wildman–Crippen LogP) is 3.04. The van der Waals surface area contributed by atoms with Crippen molar-refractivity contribution < 1.29 is 4.79 Å². The molecule has 0 atom stereocenters. The molecule has 5 heteroatoms. The van der Waals surface area contributed by atoms with Crippen LogP contribution < -0.4 is 10.2 Å². The van der Waals surface area contributed by atoms with E-state index in [-0.39, 0.29) is 5.91 Å². The van der Waals surface area contributed by atoms with Crippen LogP contribution in [0, 0.1) is 6.92 Å². The van der Waals surface area contributed by atoms with Gasteiger partial charge < -0.3 is 10.2 Å². The molecule has 110 valence electrons. The Bertz CT molecular complexity index is 618. The Hall–Kier alpha value is -2.07. The SMILES string of the molecule is Cc1cc(C(=O)NCc2ccc(N(C)C)cc2)cc(Cl)n1. The van der Waals surface area contributed by atoms with Crippen molar-refractivity contribution in [1.82, 2.24) is 10.3 Å². The Morgan fingerprint density at radius 3 is 2.48 bits per heavy atom. The molecule has 0 aliphatic heterocycles. The van der Waals surface area contributed by atoms with Crippen LogP contribution in [-0.2, 0) is 6.54 Å². The van der Waals surface area contributed by atoms with Gasteiger partial charge in [0.25, 0.3) is 5.91 Å². The van der Waals surface area contributed by atoms with Crippen molar-refractivity contribution in [3.8, 4) is 0 Å².